The number of carbonyl (C=O) groups excluding carboxylic acids is 3. The van der Waals surface area contributed by atoms with Crippen molar-refractivity contribution in [2.75, 3.05) is 25.3 Å². The summed E-state index contributed by atoms with van der Waals surface area (Å²) in [4.78, 5) is 38.1. The molecule has 0 fully saturated rings. The molecule has 9 nitrogen and oxygen atoms in total. The molecule has 0 saturated heterocycles. The van der Waals surface area contributed by atoms with E-state index in [-0.39, 0.29) is 28.5 Å². The fourth-order valence-electron chi connectivity index (χ4n) is 4.08. The number of hydrogen-bond donors (Lipinski definition) is 1. The van der Waals surface area contributed by atoms with Gasteiger partial charge < -0.3 is 19.4 Å². The van der Waals surface area contributed by atoms with Crippen LogP contribution >= 0.6 is 23.1 Å². The molecule has 0 radical (unpaired) electrons. The van der Waals surface area contributed by atoms with Crippen LogP contribution in [0.2, 0.25) is 0 Å². The number of thiophene rings is 1. The van der Waals surface area contributed by atoms with Crippen LogP contribution in [-0.4, -0.2) is 52.6 Å². The predicted octanol–water partition coefficient (Wildman–Crippen LogP) is 5.61. The Kier molecular flexibility index (Phi) is 8.82. The molecule has 39 heavy (non-hydrogen) atoms. The van der Waals surface area contributed by atoms with Crippen molar-refractivity contribution < 1.29 is 23.9 Å². The van der Waals surface area contributed by atoms with E-state index in [1.165, 1.54) is 54.6 Å². The lowest BCUT2D eigenvalue weighted by molar-refractivity contribution is -0.113. The quantitative estimate of drug-likeness (QED) is 0.206. The number of anilines is 1. The molecule has 4 rings (SSSR count). The second kappa shape index (κ2) is 12.3. The first-order valence-corrected chi connectivity index (χ1v) is 13.9. The third kappa shape index (κ3) is 6.21. The Morgan fingerprint density at radius 2 is 1.62 bits per heavy atom. The summed E-state index contributed by atoms with van der Waals surface area (Å²) in [5.74, 6) is -0.821. The first-order valence-electron chi connectivity index (χ1n) is 12.1. The van der Waals surface area contributed by atoms with Crippen molar-refractivity contribution in [1.82, 2.24) is 14.8 Å². The summed E-state index contributed by atoms with van der Waals surface area (Å²) in [6.45, 7) is 6.79. The summed E-state index contributed by atoms with van der Waals surface area (Å²) in [5, 5.41) is 14.3. The Labute approximate surface area is 234 Å². The molecular weight excluding hydrogens is 536 g/mol. The van der Waals surface area contributed by atoms with Gasteiger partial charge in [-0.1, -0.05) is 41.6 Å². The topological polar surface area (TPSA) is 112 Å². The predicted molar refractivity (Wildman–Crippen MR) is 152 cm³/mol. The average Bonchev–Trinajstić information content (AvgIpc) is 3.53. The van der Waals surface area contributed by atoms with Gasteiger partial charge >= 0.3 is 11.9 Å². The zero-order chi connectivity index (χ0) is 28.1. The minimum Gasteiger partial charge on any atom is -0.465 e. The summed E-state index contributed by atoms with van der Waals surface area (Å²) in [6, 6.07) is 12.6. The first-order chi connectivity index (χ1) is 18.7. The Bertz CT molecular complexity index is 1490. The number of nitrogens with zero attached hydrogens (tertiary/aromatic N) is 3. The third-order valence-corrected chi connectivity index (χ3v) is 7.86. The van der Waals surface area contributed by atoms with E-state index in [0.717, 1.165) is 22.5 Å². The Morgan fingerprint density at radius 1 is 0.974 bits per heavy atom. The normalized spacial score (nSPS) is 10.8. The maximum Gasteiger partial charge on any atom is 0.337 e. The number of aromatic nitrogens is 3. The minimum absolute atomic E-state index is 0.0433. The summed E-state index contributed by atoms with van der Waals surface area (Å²) in [5.41, 5.74) is 4.96. The van der Waals surface area contributed by atoms with E-state index in [2.05, 4.69) is 59.0 Å². The molecule has 1 amide bonds. The van der Waals surface area contributed by atoms with Gasteiger partial charge in [-0.15, -0.1) is 21.5 Å². The lowest BCUT2D eigenvalue weighted by Gasteiger charge is -2.11. The Balaban J connectivity index is 1.54. The number of ether oxygens (including phenoxy) is 2. The van der Waals surface area contributed by atoms with Crippen LogP contribution in [0.4, 0.5) is 5.69 Å². The minimum atomic E-state index is -0.636. The molecule has 0 aliphatic heterocycles. The van der Waals surface area contributed by atoms with Crippen molar-refractivity contribution in [2.24, 2.45) is 0 Å². The Hall–Kier alpha value is -3.96. The number of amides is 1. The molecule has 4 aromatic rings. The number of rotatable bonds is 9. The smallest absolute Gasteiger partial charge is 0.337 e. The van der Waals surface area contributed by atoms with Gasteiger partial charge in [-0.25, -0.2) is 9.59 Å². The van der Waals surface area contributed by atoms with Crippen LogP contribution in [0.3, 0.4) is 0 Å². The SMILES string of the molecule is CCn1c(SCC(=O)Nc2cc(C(=O)OC)cc(C(=O)OC)c2)nnc1-c1csc(C)c1-c1ccc(C)cc1. The number of esters is 2. The fourth-order valence-corrected chi connectivity index (χ4v) is 5.74. The van der Waals surface area contributed by atoms with Crippen LogP contribution in [-0.2, 0) is 20.8 Å². The van der Waals surface area contributed by atoms with Crippen molar-refractivity contribution in [1.29, 1.82) is 0 Å². The summed E-state index contributed by atoms with van der Waals surface area (Å²) < 4.78 is 11.5. The highest BCUT2D eigenvalue weighted by Gasteiger charge is 2.21. The molecule has 0 atom stereocenters. The highest BCUT2D eigenvalue weighted by molar-refractivity contribution is 7.99. The van der Waals surface area contributed by atoms with Crippen molar-refractivity contribution in [3.63, 3.8) is 0 Å². The molecular formula is C28H28N4O5S2. The lowest BCUT2D eigenvalue weighted by atomic mass is 10.0. The van der Waals surface area contributed by atoms with Crippen molar-refractivity contribution in [3.8, 4) is 22.5 Å². The van der Waals surface area contributed by atoms with Gasteiger partial charge in [0.05, 0.1) is 31.1 Å². The molecule has 2 aromatic carbocycles. The van der Waals surface area contributed by atoms with Crippen molar-refractivity contribution in [2.45, 2.75) is 32.5 Å². The van der Waals surface area contributed by atoms with Gasteiger partial charge in [0.2, 0.25) is 5.91 Å². The molecule has 1 N–H and O–H groups in total. The van der Waals surface area contributed by atoms with E-state index in [4.69, 9.17) is 9.47 Å². The number of hydrogen-bond acceptors (Lipinski definition) is 9. The summed E-state index contributed by atoms with van der Waals surface area (Å²) in [7, 11) is 2.47. The van der Waals surface area contributed by atoms with Gasteiger partial charge in [-0.3, -0.25) is 4.79 Å². The van der Waals surface area contributed by atoms with Crippen LogP contribution in [0.15, 0.2) is 53.0 Å². The monoisotopic (exact) mass is 564 g/mol. The number of methoxy groups -OCH3 is 2. The molecule has 2 heterocycles. The number of benzene rings is 2. The largest absolute Gasteiger partial charge is 0.465 e. The first kappa shape index (κ1) is 28.1. The fraction of sp³-hybridized carbons (Fsp3) is 0.250. The van der Waals surface area contributed by atoms with E-state index in [0.29, 0.717) is 11.7 Å². The van der Waals surface area contributed by atoms with Crippen LogP contribution in [0.1, 0.15) is 38.1 Å². The molecule has 0 bridgehead atoms. The van der Waals surface area contributed by atoms with Gasteiger partial charge in [0.25, 0.3) is 0 Å². The molecule has 202 valence electrons. The van der Waals surface area contributed by atoms with Crippen LogP contribution in [0.25, 0.3) is 22.5 Å². The molecule has 0 spiro atoms. The zero-order valence-corrected chi connectivity index (χ0v) is 23.9. The molecule has 0 aliphatic carbocycles. The number of aryl methyl sites for hydroxylation is 2. The van der Waals surface area contributed by atoms with Crippen LogP contribution < -0.4 is 5.32 Å². The molecule has 11 heteroatoms. The van der Waals surface area contributed by atoms with Gasteiger partial charge in [0.15, 0.2) is 11.0 Å². The van der Waals surface area contributed by atoms with E-state index < -0.39 is 11.9 Å². The number of thioether (sulfide) groups is 1. The lowest BCUT2D eigenvalue weighted by Crippen LogP contribution is -2.16. The summed E-state index contributed by atoms with van der Waals surface area (Å²) >= 11 is 2.92. The highest BCUT2D eigenvalue weighted by Crippen LogP contribution is 2.39. The maximum absolute atomic E-state index is 12.8. The maximum atomic E-state index is 12.8. The van der Waals surface area contributed by atoms with E-state index >= 15 is 0 Å². The van der Waals surface area contributed by atoms with E-state index in [1.54, 1.807) is 11.3 Å². The number of carbonyl (C=O) groups is 3. The molecule has 2 aromatic heterocycles. The second-order valence-corrected chi connectivity index (χ2v) is 10.6. The van der Waals surface area contributed by atoms with Gasteiger partial charge in [0.1, 0.15) is 0 Å². The Morgan fingerprint density at radius 3 is 2.21 bits per heavy atom. The highest BCUT2D eigenvalue weighted by atomic mass is 32.2. The molecule has 0 aliphatic rings. The third-order valence-electron chi connectivity index (χ3n) is 5.98. The zero-order valence-electron chi connectivity index (χ0n) is 22.2. The van der Waals surface area contributed by atoms with Gasteiger partial charge in [-0.2, -0.15) is 0 Å². The van der Waals surface area contributed by atoms with E-state index in [9.17, 15) is 14.4 Å². The van der Waals surface area contributed by atoms with Crippen molar-refractivity contribution >= 4 is 46.6 Å². The standard InChI is InChI=1S/C28H28N4O5S2/c1-6-32-25(22-14-38-17(3)24(22)18-9-7-16(2)8-10-18)30-31-28(32)39-15-23(33)29-21-12-19(26(34)36-4)11-20(13-21)27(35)37-5/h7-14H,6,15H2,1-5H3,(H,29,33). The van der Waals surface area contributed by atoms with Crippen LogP contribution in [0, 0.1) is 13.8 Å². The number of nitrogens with one attached hydrogen (secondary N) is 1. The van der Waals surface area contributed by atoms with Gasteiger partial charge in [0, 0.05) is 33.6 Å². The van der Waals surface area contributed by atoms with E-state index in [1.807, 2.05) is 11.5 Å². The average molecular weight is 565 g/mol. The van der Waals surface area contributed by atoms with Gasteiger partial charge in [-0.05, 0) is 44.5 Å². The summed E-state index contributed by atoms with van der Waals surface area (Å²) in [6.07, 6.45) is 0. The molecule has 0 unspecified atom stereocenters. The second-order valence-electron chi connectivity index (χ2n) is 8.62. The molecule has 0 saturated carbocycles. The van der Waals surface area contributed by atoms with Crippen LogP contribution in [0.5, 0.6) is 0 Å². The van der Waals surface area contributed by atoms with Crippen molar-refractivity contribution in [3.05, 3.63) is 69.4 Å².